The van der Waals surface area contributed by atoms with Crippen molar-refractivity contribution in [3.05, 3.63) is 34.9 Å². The van der Waals surface area contributed by atoms with E-state index in [9.17, 15) is 0 Å². The van der Waals surface area contributed by atoms with Crippen LogP contribution in [0.4, 0.5) is 0 Å². The van der Waals surface area contributed by atoms with Gasteiger partial charge in [0.2, 0.25) is 0 Å². The van der Waals surface area contributed by atoms with Gasteiger partial charge in [0, 0.05) is 30.7 Å². The van der Waals surface area contributed by atoms with Gasteiger partial charge in [-0.1, -0.05) is 43.6 Å². The van der Waals surface area contributed by atoms with Crippen molar-refractivity contribution in [2.45, 2.75) is 32.9 Å². The summed E-state index contributed by atoms with van der Waals surface area (Å²) in [5, 5.41) is 4.34. The molecule has 2 nitrogen and oxygen atoms in total. The molecule has 100 valence electrons. The summed E-state index contributed by atoms with van der Waals surface area (Å²) in [6, 6.07) is 8.84. The number of nitrogens with one attached hydrogen (secondary N) is 1. The third kappa shape index (κ3) is 3.71. The number of hydrogen-bond acceptors (Lipinski definition) is 2. The zero-order valence-corrected chi connectivity index (χ0v) is 12.1. The van der Waals surface area contributed by atoms with Gasteiger partial charge in [0.05, 0.1) is 0 Å². The van der Waals surface area contributed by atoms with Crippen LogP contribution in [0.1, 0.15) is 25.8 Å². The molecule has 1 saturated heterocycles. The van der Waals surface area contributed by atoms with Gasteiger partial charge in [0.25, 0.3) is 0 Å². The molecule has 1 fully saturated rings. The lowest BCUT2D eigenvalue weighted by Crippen LogP contribution is -2.38. The quantitative estimate of drug-likeness (QED) is 0.881. The zero-order valence-electron chi connectivity index (χ0n) is 11.3. The Morgan fingerprint density at radius 1 is 1.39 bits per heavy atom. The molecule has 0 saturated carbocycles. The number of halogens is 1. The van der Waals surface area contributed by atoms with Gasteiger partial charge in [-0.15, -0.1) is 0 Å². The predicted octanol–water partition coefficient (Wildman–Crippen LogP) is 3.16. The van der Waals surface area contributed by atoms with Crippen LogP contribution in [0.15, 0.2) is 24.3 Å². The third-order valence-electron chi connectivity index (χ3n) is 3.48. The van der Waals surface area contributed by atoms with E-state index in [2.05, 4.69) is 36.2 Å². The van der Waals surface area contributed by atoms with Gasteiger partial charge in [-0.2, -0.15) is 0 Å². The normalized spacial score (nSPS) is 19.9. The molecule has 1 aliphatic heterocycles. The highest BCUT2D eigenvalue weighted by molar-refractivity contribution is 6.31. The fraction of sp³-hybridized carbons (Fsp3) is 0.600. The molecule has 1 aliphatic rings. The zero-order chi connectivity index (χ0) is 13.0. The van der Waals surface area contributed by atoms with Crippen LogP contribution < -0.4 is 5.32 Å². The number of rotatable bonds is 5. The van der Waals surface area contributed by atoms with Crippen molar-refractivity contribution in [3.63, 3.8) is 0 Å². The van der Waals surface area contributed by atoms with Crippen LogP contribution in [0, 0.1) is 5.92 Å². The second-order valence-corrected chi connectivity index (χ2v) is 5.97. The van der Waals surface area contributed by atoms with Crippen molar-refractivity contribution < 1.29 is 0 Å². The van der Waals surface area contributed by atoms with Gasteiger partial charge in [-0.3, -0.25) is 4.90 Å². The molecule has 1 aromatic carbocycles. The van der Waals surface area contributed by atoms with Gasteiger partial charge in [0.15, 0.2) is 0 Å². The molecule has 0 amide bonds. The molecule has 0 spiro atoms. The minimum atomic E-state index is 0.656. The van der Waals surface area contributed by atoms with E-state index in [1.165, 1.54) is 12.0 Å². The van der Waals surface area contributed by atoms with Crippen LogP contribution in [0.25, 0.3) is 0 Å². The predicted molar refractivity (Wildman–Crippen MR) is 78.0 cm³/mol. The summed E-state index contributed by atoms with van der Waals surface area (Å²) in [5.41, 5.74) is 1.24. The van der Waals surface area contributed by atoms with Crippen molar-refractivity contribution in [1.82, 2.24) is 10.2 Å². The van der Waals surface area contributed by atoms with Gasteiger partial charge >= 0.3 is 0 Å². The second kappa shape index (κ2) is 6.55. The molecule has 0 aliphatic carbocycles. The summed E-state index contributed by atoms with van der Waals surface area (Å²) in [4.78, 5) is 2.58. The molecular weight excluding hydrogens is 244 g/mol. The molecule has 1 aromatic rings. The lowest BCUT2D eigenvalue weighted by molar-refractivity contribution is 0.177. The molecular formula is C15H23ClN2. The maximum atomic E-state index is 6.27. The van der Waals surface area contributed by atoms with Crippen LogP contribution in [-0.2, 0) is 6.54 Å². The highest BCUT2D eigenvalue weighted by Gasteiger charge is 2.23. The fourth-order valence-electron chi connectivity index (χ4n) is 2.61. The van der Waals surface area contributed by atoms with Crippen molar-refractivity contribution in [3.8, 4) is 0 Å². The standard InChI is InChI=1S/C15H23ClN2/c1-12(2)10-18(14-7-8-17-9-14)11-13-5-3-4-6-15(13)16/h3-6,12,14,17H,7-11H2,1-2H3/t14-/m0/s1. The SMILES string of the molecule is CC(C)CN(Cc1ccccc1Cl)[C@H]1CCNC1. The summed E-state index contributed by atoms with van der Waals surface area (Å²) in [6.07, 6.45) is 1.25. The molecule has 0 unspecified atom stereocenters. The van der Waals surface area contributed by atoms with E-state index in [0.29, 0.717) is 12.0 Å². The molecule has 1 heterocycles. The van der Waals surface area contributed by atoms with Crippen LogP contribution in [0.2, 0.25) is 5.02 Å². The first-order chi connectivity index (χ1) is 8.66. The highest BCUT2D eigenvalue weighted by atomic mass is 35.5. The van der Waals surface area contributed by atoms with E-state index in [-0.39, 0.29) is 0 Å². The molecule has 1 N–H and O–H groups in total. The first-order valence-electron chi connectivity index (χ1n) is 6.85. The summed E-state index contributed by atoms with van der Waals surface area (Å²) in [5.74, 6) is 0.688. The smallest absolute Gasteiger partial charge is 0.0451 e. The fourth-order valence-corrected chi connectivity index (χ4v) is 2.80. The number of hydrogen-bond donors (Lipinski definition) is 1. The molecule has 0 radical (unpaired) electrons. The lowest BCUT2D eigenvalue weighted by atomic mass is 10.1. The summed E-state index contributed by atoms with van der Waals surface area (Å²) >= 11 is 6.27. The maximum Gasteiger partial charge on any atom is 0.0451 e. The molecule has 0 aromatic heterocycles. The Morgan fingerprint density at radius 2 is 2.17 bits per heavy atom. The van der Waals surface area contributed by atoms with Crippen LogP contribution in [0.5, 0.6) is 0 Å². The van der Waals surface area contributed by atoms with Gasteiger partial charge in [0.1, 0.15) is 0 Å². The van der Waals surface area contributed by atoms with Crippen LogP contribution >= 0.6 is 11.6 Å². The topological polar surface area (TPSA) is 15.3 Å². The van der Waals surface area contributed by atoms with E-state index in [0.717, 1.165) is 31.2 Å². The Balaban J connectivity index is 2.06. The van der Waals surface area contributed by atoms with E-state index >= 15 is 0 Å². The maximum absolute atomic E-state index is 6.27. The van der Waals surface area contributed by atoms with E-state index < -0.39 is 0 Å². The minimum Gasteiger partial charge on any atom is -0.315 e. The third-order valence-corrected chi connectivity index (χ3v) is 3.85. The Bertz CT molecular complexity index is 373. The highest BCUT2D eigenvalue weighted by Crippen LogP contribution is 2.20. The number of benzene rings is 1. The summed E-state index contributed by atoms with van der Waals surface area (Å²) in [6.45, 7) is 8.91. The largest absolute Gasteiger partial charge is 0.315 e. The monoisotopic (exact) mass is 266 g/mol. The Kier molecular flexibility index (Phi) is 5.04. The molecule has 1 atom stereocenters. The van der Waals surface area contributed by atoms with E-state index in [1.54, 1.807) is 0 Å². The van der Waals surface area contributed by atoms with E-state index in [1.807, 2.05) is 12.1 Å². The first kappa shape index (κ1) is 13.9. The van der Waals surface area contributed by atoms with Crippen LogP contribution in [-0.4, -0.2) is 30.6 Å². The van der Waals surface area contributed by atoms with Crippen molar-refractivity contribution in [2.24, 2.45) is 5.92 Å². The van der Waals surface area contributed by atoms with E-state index in [4.69, 9.17) is 11.6 Å². The number of nitrogens with zero attached hydrogens (tertiary/aromatic N) is 1. The van der Waals surface area contributed by atoms with Gasteiger partial charge in [-0.25, -0.2) is 0 Å². The molecule has 18 heavy (non-hydrogen) atoms. The first-order valence-corrected chi connectivity index (χ1v) is 7.23. The Labute approximate surface area is 115 Å². The van der Waals surface area contributed by atoms with Crippen molar-refractivity contribution >= 4 is 11.6 Å². The average molecular weight is 267 g/mol. The Morgan fingerprint density at radius 3 is 2.78 bits per heavy atom. The van der Waals surface area contributed by atoms with Crippen LogP contribution in [0.3, 0.4) is 0 Å². The molecule has 2 rings (SSSR count). The second-order valence-electron chi connectivity index (χ2n) is 5.56. The summed E-state index contributed by atoms with van der Waals surface area (Å²) in [7, 11) is 0. The average Bonchev–Trinajstić information content (AvgIpc) is 2.84. The summed E-state index contributed by atoms with van der Waals surface area (Å²) < 4.78 is 0. The van der Waals surface area contributed by atoms with Gasteiger partial charge in [-0.05, 0) is 30.5 Å². The molecule has 3 heteroatoms. The molecule has 0 bridgehead atoms. The van der Waals surface area contributed by atoms with Crippen molar-refractivity contribution in [2.75, 3.05) is 19.6 Å². The minimum absolute atomic E-state index is 0.656. The lowest BCUT2D eigenvalue weighted by Gasteiger charge is -2.30. The Hall–Kier alpha value is -0.570. The van der Waals surface area contributed by atoms with Gasteiger partial charge < -0.3 is 5.32 Å². The van der Waals surface area contributed by atoms with Crippen molar-refractivity contribution in [1.29, 1.82) is 0 Å².